The summed E-state index contributed by atoms with van der Waals surface area (Å²) in [6.07, 6.45) is 3.41. The SMILES string of the molecule is CCOC(=O)C(c1ccccc1)n1cnc(NC(=O)[C@@H](Cc2csc3ccccc23)NC(=O)C(C)(C)C)c1. The Bertz CT molecular complexity index is 1420. The predicted octanol–water partition coefficient (Wildman–Crippen LogP) is 4.96. The second kappa shape index (κ2) is 11.6. The Morgan fingerprint density at radius 3 is 2.47 bits per heavy atom. The molecule has 38 heavy (non-hydrogen) atoms. The Hall–Kier alpha value is -3.98. The quantitative estimate of drug-likeness (QED) is 0.297. The average Bonchev–Trinajstić information content (AvgIpc) is 3.51. The standard InChI is InChI=1S/C29H32N4O4S/c1-5-37-27(35)25(19-11-7-6-8-12-19)33-16-24(30-18-33)32-26(34)22(31-28(36)29(2,3)4)15-20-17-38-23-14-10-9-13-21(20)23/h6-14,16-18,22,25H,5,15H2,1-4H3,(H,31,36)(H,32,34)/t22-,25?/m1/s1. The summed E-state index contributed by atoms with van der Waals surface area (Å²) in [4.78, 5) is 43.4. The molecule has 8 nitrogen and oxygen atoms in total. The van der Waals surface area contributed by atoms with Gasteiger partial charge in [-0.1, -0.05) is 69.3 Å². The summed E-state index contributed by atoms with van der Waals surface area (Å²) < 4.78 is 8.02. The highest BCUT2D eigenvalue weighted by Gasteiger charge is 2.29. The normalized spacial score (nSPS) is 13.1. The van der Waals surface area contributed by atoms with Crippen LogP contribution in [0.1, 0.15) is 44.9 Å². The fourth-order valence-electron chi connectivity index (χ4n) is 4.04. The van der Waals surface area contributed by atoms with E-state index < -0.39 is 29.4 Å². The first-order chi connectivity index (χ1) is 18.2. The van der Waals surface area contributed by atoms with Crippen LogP contribution in [0.4, 0.5) is 5.82 Å². The third kappa shape index (κ3) is 6.28. The van der Waals surface area contributed by atoms with E-state index in [-0.39, 0.29) is 18.3 Å². The van der Waals surface area contributed by atoms with Gasteiger partial charge in [-0.25, -0.2) is 9.78 Å². The number of thiophene rings is 1. The number of benzene rings is 2. The van der Waals surface area contributed by atoms with Gasteiger partial charge >= 0.3 is 5.97 Å². The van der Waals surface area contributed by atoms with Crippen molar-refractivity contribution < 1.29 is 19.1 Å². The summed E-state index contributed by atoms with van der Waals surface area (Å²) >= 11 is 1.60. The van der Waals surface area contributed by atoms with Crippen LogP contribution in [-0.2, 0) is 25.5 Å². The van der Waals surface area contributed by atoms with Gasteiger partial charge in [0.1, 0.15) is 6.04 Å². The molecule has 4 rings (SSSR count). The number of hydrogen-bond acceptors (Lipinski definition) is 6. The van der Waals surface area contributed by atoms with Crippen molar-refractivity contribution in [3.05, 3.63) is 83.6 Å². The molecule has 2 N–H and O–H groups in total. The van der Waals surface area contributed by atoms with Crippen molar-refractivity contribution in [3.8, 4) is 0 Å². The molecule has 2 amide bonds. The second-order valence-corrected chi connectivity index (χ2v) is 10.9. The molecule has 0 radical (unpaired) electrons. The summed E-state index contributed by atoms with van der Waals surface area (Å²) in [5.41, 5.74) is 1.05. The first-order valence-corrected chi connectivity index (χ1v) is 13.4. The van der Waals surface area contributed by atoms with Crippen LogP contribution in [-0.4, -0.2) is 40.0 Å². The van der Waals surface area contributed by atoms with E-state index in [1.165, 1.54) is 6.33 Å². The molecule has 2 aromatic carbocycles. The van der Waals surface area contributed by atoms with Crippen molar-refractivity contribution in [2.45, 2.75) is 46.2 Å². The van der Waals surface area contributed by atoms with Gasteiger partial charge in [0.05, 0.1) is 12.9 Å². The number of amides is 2. The van der Waals surface area contributed by atoms with Crippen LogP contribution in [0.5, 0.6) is 0 Å². The van der Waals surface area contributed by atoms with Crippen molar-refractivity contribution in [1.29, 1.82) is 0 Å². The van der Waals surface area contributed by atoms with Crippen LogP contribution in [0, 0.1) is 5.41 Å². The molecule has 2 aromatic heterocycles. The zero-order valence-electron chi connectivity index (χ0n) is 21.9. The van der Waals surface area contributed by atoms with Gasteiger partial charge in [-0.15, -0.1) is 11.3 Å². The molecular formula is C29H32N4O4S. The Kier molecular flexibility index (Phi) is 8.26. The fourth-order valence-corrected chi connectivity index (χ4v) is 5.01. The smallest absolute Gasteiger partial charge is 0.333 e. The minimum absolute atomic E-state index is 0.228. The summed E-state index contributed by atoms with van der Waals surface area (Å²) in [5.74, 6) is -0.774. The van der Waals surface area contributed by atoms with E-state index in [1.54, 1.807) is 49.8 Å². The number of ether oxygens (including phenoxy) is 1. The third-order valence-corrected chi connectivity index (χ3v) is 7.08. The Morgan fingerprint density at radius 2 is 1.76 bits per heavy atom. The van der Waals surface area contributed by atoms with Gasteiger partial charge in [0, 0.05) is 22.7 Å². The minimum Gasteiger partial charge on any atom is -0.464 e. The number of hydrogen-bond donors (Lipinski definition) is 2. The summed E-state index contributed by atoms with van der Waals surface area (Å²) in [6, 6.07) is 15.6. The first kappa shape index (κ1) is 27.1. The highest BCUT2D eigenvalue weighted by Crippen LogP contribution is 2.27. The number of carbonyl (C=O) groups excluding carboxylic acids is 3. The van der Waals surface area contributed by atoms with Crippen molar-refractivity contribution in [1.82, 2.24) is 14.9 Å². The van der Waals surface area contributed by atoms with Crippen LogP contribution < -0.4 is 10.6 Å². The molecule has 2 atom stereocenters. The van der Waals surface area contributed by atoms with E-state index in [4.69, 9.17) is 4.74 Å². The molecule has 0 bridgehead atoms. The number of nitrogens with one attached hydrogen (secondary N) is 2. The van der Waals surface area contributed by atoms with Gasteiger partial charge in [-0.05, 0) is 34.9 Å². The number of carbonyl (C=O) groups is 3. The zero-order chi connectivity index (χ0) is 27.3. The Balaban J connectivity index is 1.58. The maximum absolute atomic E-state index is 13.5. The summed E-state index contributed by atoms with van der Waals surface area (Å²) in [7, 11) is 0. The molecule has 0 aliphatic rings. The Morgan fingerprint density at radius 1 is 1.05 bits per heavy atom. The molecule has 1 unspecified atom stereocenters. The van der Waals surface area contributed by atoms with Gasteiger partial charge in [-0.3, -0.25) is 9.59 Å². The number of esters is 1. The monoisotopic (exact) mass is 532 g/mol. The number of imidazole rings is 1. The molecule has 0 aliphatic heterocycles. The lowest BCUT2D eigenvalue weighted by atomic mass is 9.94. The average molecular weight is 533 g/mol. The van der Waals surface area contributed by atoms with Gasteiger partial charge < -0.3 is 19.9 Å². The largest absolute Gasteiger partial charge is 0.464 e. The number of fused-ring (bicyclic) bond motifs is 1. The topological polar surface area (TPSA) is 102 Å². The highest BCUT2D eigenvalue weighted by molar-refractivity contribution is 7.17. The van der Waals surface area contributed by atoms with Crippen molar-refractivity contribution in [2.24, 2.45) is 5.41 Å². The van der Waals surface area contributed by atoms with Crippen LogP contribution in [0.3, 0.4) is 0 Å². The molecule has 0 fully saturated rings. The molecule has 0 spiro atoms. The number of aromatic nitrogens is 2. The molecule has 4 aromatic rings. The van der Waals surface area contributed by atoms with Gasteiger partial charge in [0.15, 0.2) is 11.9 Å². The lowest BCUT2D eigenvalue weighted by molar-refractivity contribution is -0.145. The first-order valence-electron chi connectivity index (χ1n) is 12.5. The lowest BCUT2D eigenvalue weighted by Gasteiger charge is -2.23. The third-order valence-electron chi connectivity index (χ3n) is 6.06. The van der Waals surface area contributed by atoms with E-state index in [1.807, 2.05) is 60.0 Å². The van der Waals surface area contributed by atoms with Gasteiger partial charge in [0.2, 0.25) is 11.8 Å². The van der Waals surface area contributed by atoms with Crippen molar-refractivity contribution in [2.75, 3.05) is 11.9 Å². The maximum atomic E-state index is 13.5. The van der Waals surface area contributed by atoms with E-state index in [2.05, 4.69) is 15.6 Å². The van der Waals surface area contributed by atoms with E-state index in [0.29, 0.717) is 6.42 Å². The van der Waals surface area contributed by atoms with E-state index in [0.717, 1.165) is 21.2 Å². The zero-order valence-corrected chi connectivity index (χ0v) is 22.7. The molecular weight excluding hydrogens is 500 g/mol. The predicted molar refractivity (Wildman–Crippen MR) is 149 cm³/mol. The van der Waals surface area contributed by atoms with E-state index >= 15 is 0 Å². The van der Waals surface area contributed by atoms with Gasteiger partial charge in [0.25, 0.3) is 0 Å². The number of rotatable bonds is 9. The molecule has 0 saturated heterocycles. The Labute approximate surface area is 226 Å². The van der Waals surface area contributed by atoms with Crippen LogP contribution in [0.25, 0.3) is 10.1 Å². The summed E-state index contributed by atoms with van der Waals surface area (Å²) in [5, 5.41) is 8.82. The lowest BCUT2D eigenvalue weighted by Crippen LogP contribution is -2.48. The highest BCUT2D eigenvalue weighted by atomic mass is 32.1. The second-order valence-electron chi connectivity index (χ2n) is 10.00. The van der Waals surface area contributed by atoms with E-state index in [9.17, 15) is 14.4 Å². The van der Waals surface area contributed by atoms with Crippen LogP contribution >= 0.6 is 11.3 Å². The minimum atomic E-state index is -0.820. The van der Waals surface area contributed by atoms with Crippen molar-refractivity contribution >= 4 is 45.0 Å². The molecule has 198 valence electrons. The van der Waals surface area contributed by atoms with Crippen LogP contribution in [0.15, 0.2) is 72.5 Å². The maximum Gasteiger partial charge on any atom is 0.333 e. The van der Waals surface area contributed by atoms with Crippen molar-refractivity contribution in [3.63, 3.8) is 0 Å². The van der Waals surface area contributed by atoms with Crippen LogP contribution in [0.2, 0.25) is 0 Å². The molecule has 0 aliphatic carbocycles. The molecule has 0 saturated carbocycles. The molecule has 2 heterocycles. The number of nitrogens with zero attached hydrogens (tertiary/aromatic N) is 2. The summed E-state index contributed by atoms with van der Waals surface area (Å²) in [6.45, 7) is 7.41. The van der Waals surface area contributed by atoms with Gasteiger partial charge in [-0.2, -0.15) is 0 Å². The molecule has 9 heteroatoms. The fraction of sp³-hybridized carbons (Fsp3) is 0.310. The number of anilines is 1.